The highest BCUT2D eigenvalue weighted by Crippen LogP contribution is 2.24. The van der Waals surface area contributed by atoms with E-state index in [-0.39, 0.29) is 12.0 Å². The number of imidazole rings is 1. The van der Waals surface area contributed by atoms with Gasteiger partial charge in [-0.3, -0.25) is 0 Å². The maximum atomic E-state index is 12.0. The predicted octanol–water partition coefficient (Wildman–Crippen LogP) is 1.97. The molecule has 0 aromatic carbocycles. The minimum Gasteiger partial charge on any atom is -0.444 e. The quantitative estimate of drug-likeness (QED) is 0.923. The molecule has 0 spiro atoms. The van der Waals surface area contributed by atoms with E-state index in [1.807, 2.05) is 38.6 Å². The molecule has 2 rings (SSSR count). The average molecular weight is 309 g/mol. The van der Waals surface area contributed by atoms with Crippen molar-refractivity contribution >= 4 is 6.09 Å². The Morgan fingerprint density at radius 3 is 2.86 bits per heavy atom. The van der Waals surface area contributed by atoms with E-state index in [9.17, 15) is 9.90 Å². The van der Waals surface area contributed by atoms with E-state index in [1.54, 1.807) is 11.1 Å². The van der Waals surface area contributed by atoms with Crippen molar-refractivity contribution in [1.82, 2.24) is 14.5 Å². The van der Waals surface area contributed by atoms with Gasteiger partial charge in [-0.15, -0.1) is 0 Å². The molecule has 124 valence electrons. The molecule has 1 fully saturated rings. The van der Waals surface area contributed by atoms with Crippen molar-refractivity contribution in [1.29, 1.82) is 0 Å². The van der Waals surface area contributed by atoms with E-state index >= 15 is 0 Å². The van der Waals surface area contributed by atoms with Crippen LogP contribution in [0.25, 0.3) is 0 Å². The van der Waals surface area contributed by atoms with Crippen LogP contribution in [0.15, 0.2) is 12.4 Å². The molecular weight excluding hydrogens is 282 g/mol. The topological polar surface area (TPSA) is 67.6 Å². The number of likely N-dealkylation sites (tertiary alicyclic amines) is 1. The SMILES string of the molecule is Cn1ccnc1CCC(O)C1CCN(C(=O)OC(C)(C)C)C1. The van der Waals surface area contributed by atoms with Crippen LogP contribution in [0.1, 0.15) is 39.4 Å². The molecule has 1 amide bonds. The molecule has 1 aliphatic heterocycles. The van der Waals surface area contributed by atoms with Crippen LogP contribution in [0.4, 0.5) is 4.79 Å². The Hall–Kier alpha value is -1.56. The highest BCUT2D eigenvalue weighted by Gasteiger charge is 2.33. The summed E-state index contributed by atoms with van der Waals surface area (Å²) in [5, 5.41) is 10.4. The number of amides is 1. The summed E-state index contributed by atoms with van der Waals surface area (Å²) in [6, 6.07) is 0. The Balaban J connectivity index is 1.79. The van der Waals surface area contributed by atoms with Gasteiger partial charge in [-0.25, -0.2) is 9.78 Å². The van der Waals surface area contributed by atoms with Crippen LogP contribution in [0.5, 0.6) is 0 Å². The van der Waals surface area contributed by atoms with E-state index in [0.29, 0.717) is 19.5 Å². The van der Waals surface area contributed by atoms with Gasteiger partial charge in [0, 0.05) is 44.9 Å². The number of nitrogens with zero attached hydrogens (tertiary/aromatic N) is 3. The standard InChI is InChI=1S/C16H27N3O3/c1-16(2,3)22-15(21)19-9-7-12(11-19)13(20)5-6-14-17-8-10-18(14)4/h8,10,12-13,20H,5-7,9,11H2,1-4H3. The van der Waals surface area contributed by atoms with Gasteiger partial charge in [-0.2, -0.15) is 0 Å². The number of hydrogen-bond acceptors (Lipinski definition) is 4. The molecule has 1 N–H and O–H groups in total. The molecule has 1 aliphatic rings. The molecule has 2 atom stereocenters. The Bertz CT molecular complexity index is 507. The van der Waals surface area contributed by atoms with E-state index in [1.165, 1.54) is 0 Å². The lowest BCUT2D eigenvalue weighted by atomic mass is 9.97. The van der Waals surface area contributed by atoms with Crippen molar-refractivity contribution in [3.05, 3.63) is 18.2 Å². The summed E-state index contributed by atoms with van der Waals surface area (Å²) in [6.07, 6.45) is 5.20. The molecule has 22 heavy (non-hydrogen) atoms. The Morgan fingerprint density at radius 2 is 2.27 bits per heavy atom. The van der Waals surface area contributed by atoms with Gasteiger partial charge < -0.3 is 19.3 Å². The van der Waals surface area contributed by atoms with Crippen molar-refractivity contribution in [2.24, 2.45) is 13.0 Å². The highest BCUT2D eigenvalue weighted by atomic mass is 16.6. The van der Waals surface area contributed by atoms with E-state index in [2.05, 4.69) is 4.98 Å². The fourth-order valence-electron chi connectivity index (χ4n) is 2.74. The van der Waals surface area contributed by atoms with E-state index in [0.717, 1.165) is 18.7 Å². The Kier molecular flexibility index (Phi) is 5.11. The average Bonchev–Trinajstić information content (AvgIpc) is 3.03. The molecule has 6 nitrogen and oxygen atoms in total. The molecule has 0 aliphatic carbocycles. The van der Waals surface area contributed by atoms with E-state index in [4.69, 9.17) is 4.74 Å². The second-order valence-corrected chi connectivity index (χ2v) is 7.04. The van der Waals surface area contributed by atoms with Gasteiger partial charge in [0.25, 0.3) is 0 Å². The van der Waals surface area contributed by atoms with Gasteiger partial charge in [-0.1, -0.05) is 0 Å². The number of carbonyl (C=O) groups is 1. The summed E-state index contributed by atoms with van der Waals surface area (Å²) in [6.45, 7) is 6.80. The van der Waals surface area contributed by atoms with Gasteiger partial charge in [-0.05, 0) is 33.6 Å². The molecule has 6 heteroatoms. The third-order valence-corrected chi connectivity index (χ3v) is 4.01. The van der Waals surface area contributed by atoms with Crippen molar-refractivity contribution in [2.45, 2.75) is 51.7 Å². The van der Waals surface area contributed by atoms with Crippen LogP contribution in [-0.4, -0.2) is 50.4 Å². The largest absolute Gasteiger partial charge is 0.444 e. The fraction of sp³-hybridized carbons (Fsp3) is 0.750. The maximum Gasteiger partial charge on any atom is 0.410 e. The van der Waals surface area contributed by atoms with Crippen LogP contribution in [0.2, 0.25) is 0 Å². The molecule has 0 radical (unpaired) electrons. The number of rotatable bonds is 4. The molecule has 1 saturated heterocycles. The zero-order chi connectivity index (χ0) is 16.3. The zero-order valence-electron chi connectivity index (χ0n) is 14.0. The molecule has 0 bridgehead atoms. The molecule has 2 unspecified atom stereocenters. The summed E-state index contributed by atoms with van der Waals surface area (Å²) in [5.74, 6) is 1.09. The summed E-state index contributed by atoms with van der Waals surface area (Å²) in [5.41, 5.74) is -0.480. The van der Waals surface area contributed by atoms with Crippen LogP contribution in [0.3, 0.4) is 0 Å². The van der Waals surface area contributed by atoms with Gasteiger partial charge in [0.05, 0.1) is 6.10 Å². The first kappa shape index (κ1) is 16.8. The number of hydrogen-bond donors (Lipinski definition) is 1. The summed E-state index contributed by atoms with van der Waals surface area (Å²) in [7, 11) is 1.95. The minimum absolute atomic E-state index is 0.118. The van der Waals surface area contributed by atoms with Gasteiger partial charge in [0.15, 0.2) is 0 Å². The predicted molar refractivity (Wildman–Crippen MR) is 83.4 cm³/mol. The number of aliphatic hydroxyl groups excluding tert-OH is 1. The lowest BCUT2D eigenvalue weighted by molar-refractivity contribution is 0.0266. The van der Waals surface area contributed by atoms with Crippen LogP contribution >= 0.6 is 0 Å². The third-order valence-electron chi connectivity index (χ3n) is 4.01. The fourth-order valence-corrected chi connectivity index (χ4v) is 2.74. The van der Waals surface area contributed by atoms with Crippen molar-refractivity contribution in [3.63, 3.8) is 0 Å². The second kappa shape index (κ2) is 6.69. The first-order valence-electron chi connectivity index (χ1n) is 7.88. The summed E-state index contributed by atoms with van der Waals surface area (Å²) < 4.78 is 7.34. The highest BCUT2D eigenvalue weighted by molar-refractivity contribution is 5.68. The van der Waals surface area contributed by atoms with Crippen molar-refractivity contribution in [2.75, 3.05) is 13.1 Å². The molecular formula is C16H27N3O3. The third kappa shape index (κ3) is 4.47. The smallest absolute Gasteiger partial charge is 0.410 e. The second-order valence-electron chi connectivity index (χ2n) is 7.04. The van der Waals surface area contributed by atoms with E-state index < -0.39 is 11.7 Å². The first-order valence-corrected chi connectivity index (χ1v) is 7.88. The van der Waals surface area contributed by atoms with Gasteiger partial charge >= 0.3 is 6.09 Å². The lowest BCUT2D eigenvalue weighted by Gasteiger charge is -2.25. The molecule has 0 saturated carbocycles. The van der Waals surface area contributed by atoms with Gasteiger partial charge in [0.1, 0.15) is 11.4 Å². The molecule has 2 heterocycles. The maximum absolute atomic E-state index is 12.0. The van der Waals surface area contributed by atoms with Crippen LogP contribution in [0, 0.1) is 5.92 Å². The number of aliphatic hydroxyl groups is 1. The van der Waals surface area contributed by atoms with Crippen LogP contribution in [-0.2, 0) is 18.2 Å². The zero-order valence-corrected chi connectivity index (χ0v) is 14.0. The number of ether oxygens (including phenoxy) is 1. The van der Waals surface area contributed by atoms with Crippen LogP contribution < -0.4 is 0 Å². The molecule has 1 aromatic rings. The minimum atomic E-state index is -0.480. The summed E-state index contributed by atoms with van der Waals surface area (Å²) in [4.78, 5) is 18.0. The van der Waals surface area contributed by atoms with Crippen molar-refractivity contribution in [3.8, 4) is 0 Å². The number of aromatic nitrogens is 2. The summed E-state index contributed by atoms with van der Waals surface area (Å²) >= 11 is 0. The Labute approximate surface area is 132 Å². The van der Waals surface area contributed by atoms with Gasteiger partial charge in [0.2, 0.25) is 0 Å². The van der Waals surface area contributed by atoms with Crippen molar-refractivity contribution < 1.29 is 14.6 Å². The Morgan fingerprint density at radius 1 is 1.55 bits per heavy atom. The molecule has 1 aromatic heterocycles. The normalized spacial score (nSPS) is 20.2. The first-order chi connectivity index (χ1) is 10.3. The lowest BCUT2D eigenvalue weighted by Crippen LogP contribution is -2.36. The number of aryl methyl sites for hydroxylation is 2. The monoisotopic (exact) mass is 309 g/mol. The number of carbonyl (C=O) groups excluding carboxylic acids is 1.